The number of benzene rings is 1. The van der Waals surface area contributed by atoms with Crippen molar-refractivity contribution in [2.24, 2.45) is 0 Å². The van der Waals surface area contributed by atoms with Crippen LogP contribution >= 0.6 is 0 Å². The molecule has 0 saturated heterocycles. The van der Waals surface area contributed by atoms with Crippen molar-refractivity contribution in [3.05, 3.63) is 35.5 Å². The third-order valence-electron chi connectivity index (χ3n) is 6.11. The zero-order valence-corrected chi connectivity index (χ0v) is 20.3. The first-order valence-corrected chi connectivity index (χ1v) is 11.7. The second-order valence-electron chi connectivity index (χ2n) is 8.80. The van der Waals surface area contributed by atoms with Gasteiger partial charge >= 0.3 is 6.61 Å². The van der Waals surface area contributed by atoms with Crippen molar-refractivity contribution >= 4 is 11.8 Å². The van der Waals surface area contributed by atoms with Crippen molar-refractivity contribution in [3.8, 4) is 11.5 Å². The predicted octanol–water partition coefficient (Wildman–Crippen LogP) is 3.96. The van der Waals surface area contributed by atoms with Gasteiger partial charge in [0, 0.05) is 33.4 Å². The molecule has 11 heteroatoms. The van der Waals surface area contributed by atoms with Gasteiger partial charge in [-0.15, -0.1) is 0 Å². The van der Waals surface area contributed by atoms with Crippen LogP contribution in [0.25, 0.3) is 0 Å². The summed E-state index contributed by atoms with van der Waals surface area (Å²) in [4.78, 5) is 30.5. The summed E-state index contributed by atoms with van der Waals surface area (Å²) in [6.07, 6.45) is 5.97. The Kier molecular flexibility index (Phi) is 9.00. The molecule has 0 spiro atoms. The molecule has 1 fully saturated rings. The topological polar surface area (TPSA) is 107 Å². The van der Waals surface area contributed by atoms with Crippen LogP contribution in [0.4, 0.5) is 8.78 Å². The Hall–Kier alpha value is -3.24. The van der Waals surface area contributed by atoms with Crippen LogP contribution in [0.2, 0.25) is 0 Å². The Morgan fingerprint density at radius 2 is 1.91 bits per heavy atom. The van der Waals surface area contributed by atoms with Crippen LogP contribution in [-0.2, 0) is 28.1 Å². The number of halogens is 2. The summed E-state index contributed by atoms with van der Waals surface area (Å²) >= 11 is 0. The Labute approximate surface area is 203 Å². The number of ether oxygens (including phenoxy) is 2. The minimum atomic E-state index is -2.99. The molecule has 1 saturated carbocycles. The number of rotatable bonds is 10. The van der Waals surface area contributed by atoms with Crippen LogP contribution in [0.3, 0.4) is 0 Å². The second-order valence-corrected chi connectivity index (χ2v) is 8.80. The minimum absolute atomic E-state index is 0.0918. The highest BCUT2D eigenvalue weighted by atomic mass is 19.3. The van der Waals surface area contributed by atoms with Gasteiger partial charge in [-0.3, -0.25) is 9.59 Å². The van der Waals surface area contributed by atoms with Gasteiger partial charge in [-0.05, 0) is 30.5 Å². The lowest BCUT2D eigenvalue weighted by Crippen LogP contribution is -2.45. The number of amides is 2. The Balaban J connectivity index is 1.61. The molecule has 1 N–H and O–H groups in total. The zero-order valence-electron chi connectivity index (χ0n) is 20.3. The van der Waals surface area contributed by atoms with Crippen molar-refractivity contribution in [3.63, 3.8) is 0 Å². The second kappa shape index (κ2) is 11.9. The number of nitrogens with zero attached hydrogens (tertiary/aromatic N) is 3. The van der Waals surface area contributed by atoms with E-state index in [1.54, 1.807) is 13.1 Å². The molecule has 1 aromatic carbocycles. The molecule has 192 valence electrons. The van der Waals surface area contributed by atoms with Gasteiger partial charge in [0.2, 0.25) is 17.7 Å². The zero-order chi connectivity index (χ0) is 25.4. The summed E-state index contributed by atoms with van der Waals surface area (Å²) in [6, 6.07) is 4.62. The number of carbonyl (C=O) groups excluding carboxylic acids is 2. The first kappa shape index (κ1) is 26.4. The van der Waals surface area contributed by atoms with Crippen molar-refractivity contribution in [2.45, 2.75) is 77.0 Å². The maximum Gasteiger partial charge on any atom is 0.387 e. The molecule has 1 heterocycles. The van der Waals surface area contributed by atoms with E-state index in [4.69, 9.17) is 9.26 Å². The molecular formula is C24H32F2N4O5. The number of methoxy groups -OCH3 is 1. The lowest BCUT2D eigenvalue weighted by molar-refractivity contribution is -0.130. The molecule has 1 aromatic heterocycles. The van der Waals surface area contributed by atoms with Crippen molar-refractivity contribution in [2.75, 3.05) is 14.2 Å². The van der Waals surface area contributed by atoms with E-state index in [0.29, 0.717) is 17.3 Å². The Bertz CT molecular complexity index is 1010. The fourth-order valence-corrected chi connectivity index (χ4v) is 4.40. The molecule has 9 nitrogen and oxygen atoms in total. The van der Waals surface area contributed by atoms with Crippen molar-refractivity contribution in [1.82, 2.24) is 20.4 Å². The van der Waals surface area contributed by atoms with Crippen LogP contribution in [-0.4, -0.2) is 47.6 Å². The number of aryl methyl sites for hydroxylation is 1. The lowest BCUT2D eigenvalue weighted by atomic mass is 9.89. The van der Waals surface area contributed by atoms with Gasteiger partial charge < -0.3 is 24.2 Å². The predicted molar refractivity (Wildman–Crippen MR) is 122 cm³/mol. The van der Waals surface area contributed by atoms with E-state index in [-0.39, 0.29) is 42.7 Å². The van der Waals surface area contributed by atoms with Gasteiger partial charge in [0.25, 0.3) is 0 Å². The van der Waals surface area contributed by atoms with E-state index >= 15 is 0 Å². The highest BCUT2D eigenvalue weighted by Crippen LogP contribution is 2.35. The van der Waals surface area contributed by atoms with Crippen LogP contribution in [0.1, 0.15) is 69.1 Å². The molecule has 0 radical (unpaired) electrons. The number of aromatic nitrogens is 2. The SMILES string of the molecule is COc1ccc(CN(C)C(=O)CCc2nc(C3(NC(C)=O)CCCCCC3)no2)cc1OC(F)F. The summed E-state index contributed by atoms with van der Waals surface area (Å²) in [5, 5.41) is 7.17. The molecule has 0 bridgehead atoms. The average Bonchev–Trinajstić information content (AvgIpc) is 3.17. The minimum Gasteiger partial charge on any atom is -0.493 e. The van der Waals surface area contributed by atoms with Gasteiger partial charge in [0.1, 0.15) is 5.54 Å². The summed E-state index contributed by atoms with van der Waals surface area (Å²) < 4.78 is 40.3. The van der Waals surface area contributed by atoms with E-state index < -0.39 is 12.2 Å². The van der Waals surface area contributed by atoms with Crippen LogP contribution in [0, 0.1) is 0 Å². The normalized spacial score (nSPS) is 15.4. The van der Waals surface area contributed by atoms with Crippen LogP contribution in [0.15, 0.2) is 22.7 Å². The molecule has 1 aliphatic rings. The monoisotopic (exact) mass is 494 g/mol. The standard InChI is InChI=1S/C24H32F2N4O5/c1-16(31)28-24(12-6-4-5-7-13-24)22-27-20(35-29-22)10-11-21(32)30(2)15-17-8-9-18(33-3)19(14-17)34-23(25)26/h8-9,14,23H,4-7,10-13,15H2,1-3H3,(H,28,31). The summed E-state index contributed by atoms with van der Waals surface area (Å²) in [5.74, 6) is 0.549. The molecule has 2 aromatic rings. The summed E-state index contributed by atoms with van der Waals surface area (Å²) in [6.45, 7) is -1.31. The first-order valence-electron chi connectivity index (χ1n) is 11.7. The number of hydrogen-bond donors (Lipinski definition) is 1. The third-order valence-corrected chi connectivity index (χ3v) is 6.11. The summed E-state index contributed by atoms with van der Waals surface area (Å²) in [7, 11) is 2.98. The molecule has 2 amide bonds. The largest absolute Gasteiger partial charge is 0.493 e. The molecule has 0 atom stereocenters. The molecule has 35 heavy (non-hydrogen) atoms. The highest BCUT2D eigenvalue weighted by molar-refractivity contribution is 5.76. The van der Waals surface area contributed by atoms with Gasteiger partial charge in [0.15, 0.2) is 17.3 Å². The number of hydrogen-bond acceptors (Lipinski definition) is 7. The fraction of sp³-hybridized carbons (Fsp3) is 0.583. The smallest absolute Gasteiger partial charge is 0.387 e. The number of carbonyl (C=O) groups is 2. The third kappa shape index (κ3) is 7.12. The maximum atomic E-state index is 12.7. The van der Waals surface area contributed by atoms with E-state index in [1.807, 2.05) is 0 Å². The number of nitrogens with one attached hydrogen (secondary N) is 1. The van der Waals surface area contributed by atoms with E-state index in [9.17, 15) is 18.4 Å². The molecule has 0 aliphatic heterocycles. The summed E-state index contributed by atoms with van der Waals surface area (Å²) in [5.41, 5.74) is -0.0277. The van der Waals surface area contributed by atoms with Crippen molar-refractivity contribution < 1.29 is 32.4 Å². The van der Waals surface area contributed by atoms with Gasteiger partial charge in [0.05, 0.1) is 7.11 Å². The van der Waals surface area contributed by atoms with E-state index in [1.165, 1.54) is 31.1 Å². The van der Waals surface area contributed by atoms with Gasteiger partial charge in [-0.1, -0.05) is 36.9 Å². The maximum absolute atomic E-state index is 12.7. The highest BCUT2D eigenvalue weighted by Gasteiger charge is 2.38. The molecule has 1 aliphatic carbocycles. The molecule has 0 unspecified atom stereocenters. The van der Waals surface area contributed by atoms with Gasteiger partial charge in [-0.2, -0.15) is 13.8 Å². The fourth-order valence-electron chi connectivity index (χ4n) is 4.40. The molecular weight excluding hydrogens is 462 g/mol. The van der Waals surface area contributed by atoms with Crippen LogP contribution < -0.4 is 14.8 Å². The van der Waals surface area contributed by atoms with Crippen LogP contribution in [0.5, 0.6) is 11.5 Å². The first-order chi connectivity index (χ1) is 16.7. The van der Waals surface area contributed by atoms with Gasteiger partial charge in [-0.25, -0.2) is 0 Å². The molecule has 3 rings (SSSR count). The quantitative estimate of drug-likeness (QED) is 0.498. The van der Waals surface area contributed by atoms with Crippen molar-refractivity contribution in [1.29, 1.82) is 0 Å². The number of alkyl halides is 2. The lowest BCUT2D eigenvalue weighted by Gasteiger charge is -2.30. The Morgan fingerprint density at radius 3 is 2.54 bits per heavy atom. The Morgan fingerprint density at radius 1 is 1.20 bits per heavy atom. The van der Waals surface area contributed by atoms with E-state index in [0.717, 1.165) is 38.5 Å². The van der Waals surface area contributed by atoms with E-state index in [2.05, 4.69) is 20.2 Å². The average molecular weight is 495 g/mol.